The van der Waals surface area contributed by atoms with Crippen molar-refractivity contribution in [1.29, 1.82) is 0 Å². The molecule has 2 aromatic heterocycles. The Kier molecular flexibility index (Phi) is 4.33. The minimum Gasteiger partial charge on any atom is -0.379 e. The molecule has 0 saturated carbocycles. The summed E-state index contributed by atoms with van der Waals surface area (Å²) in [5.41, 5.74) is 2.13. The Bertz CT molecular complexity index is 672. The van der Waals surface area contributed by atoms with Crippen LogP contribution in [0.5, 0.6) is 0 Å². The molecular weight excluding hydrogens is 296 g/mol. The molecule has 1 fully saturated rings. The molecule has 0 aromatic carbocycles. The van der Waals surface area contributed by atoms with E-state index in [9.17, 15) is 4.79 Å². The average molecular weight is 316 g/mol. The van der Waals surface area contributed by atoms with Crippen LogP contribution in [0.25, 0.3) is 0 Å². The molecule has 8 nitrogen and oxygen atoms in total. The van der Waals surface area contributed by atoms with Crippen LogP contribution >= 0.6 is 0 Å². The van der Waals surface area contributed by atoms with Gasteiger partial charge in [0.2, 0.25) is 0 Å². The number of H-pyrrole nitrogens is 1. The largest absolute Gasteiger partial charge is 0.379 e. The highest BCUT2D eigenvalue weighted by Crippen LogP contribution is 2.29. The number of ether oxygens (including phenoxy) is 1. The molecule has 2 atom stereocenters. The second kappa shape index (κ2) is 6.41. The lowest BCUT2D eigenvalue weighted by Gasteiger charge is -2.18. The highest BCUT2D eigenvalue weighted by molar-refractivity contribution is 5.95. The van der Waals surface area contributed by atoms with Crippen molar-refractivity contribution in [2.75, 3.05) is 20.2 Å². The standard InChI is InChI=1S/C15H20N6O2/c1-9(2)14-10(4-16-8-17-14)15(22)21-6-11(13(7-21)23-3)12-5-18-20-19-12/h4-5,8-9,11,13H,6-7H2,1-3H3,(H,18,19,20)/t11-,13+/m0/s1. The summed E-state index contributed by atoms with van der Waals surface area (Å²) in [4.78, 5) is 22.9. The van der Waals surface area contributed by atoms with Gasteiger partial charge in [-0.05, 0) is 5.92 Å². The van der Waals surface area contributed by atoms with Crippen molar-refractivity contribution in [1.82, 2.24) is 30.3 Å². The van der Waals surface area contributed by atoms with E-state index >= 15 is 0 Å². The molecule has 23 heavy (non-hydrogen) atoms. The molecule has 0 spiro atoms. The van der Waals surface area contributed by atoms with Gasteiger partial charge in [0.1, 0.15) is 6.33 Å². The van der Waals surface area contributed by atoms with Crippen LogP contribution in [0.15, 0.2) is 18.7 Å². The number of likely N-dealkylation sites (tertiary alicyclic amines) is 1. The number of hydrogen-bond acceptors (Lipinski definition) is 6. The van der Waals surface area contributed by atoms with Crippen molar-refractivity contribution in [3.8, 4) is 0 Å². The van der Waals surface area contributed by atoms with Gasteiger partial charge in [-0.3, -0.25) is 4.79 Å². The number of amides is 1. The highest BCUT2D eigenvalue weighted by atomic mass is 16.5. The third-order valence-electron chi connectivity index (χ3n) is 4.19. The van der Waals surface area contributed by atoms with E-state index in [2.05, 4.69) is 25.4 Å². The van der Waals surface area contributed by atoms with Crippen LogP contribution in [0.3, 0.4) is 0 Å². The number of rotatable bonds is 4. The minimum absolute atomic E-state index is 0.00910. The first-order chi connectivity index (χ1) is 11.1. The zero-order chi connectivity index (χ0) is 16.4. The summed E-state index contributed by atoms with van der Waals surface area (Å²) in [7, 11) is 1.65. The maximum absolute atomic E-state index is 12.9. The first-order valence-corrected chi connectivity index (χ1v) is 7.59. The molecule has 0 unspecified atom stereocenters. The van der Waals surface area contributed by atoms with Crippen molar-refractivity contribution in [3.05, 3.63) is 35.7 Å². The lowest BCUT2D eigenvalue weighted by molar-refractivity contribution is 0.0712. The molecule has 1 N–H and O–H groups in total. The number of carbonyl (C=O) groups is 1. The third kappa shape index (κ3) is 2.94. The number of nitrogens with zero attached hydrogens (tertiary/aromatic N) is 5. The molecule has 8 heteroatoms. The molecule has 1 aliphatic heterocycles. The van der Waals surface area contributed by atoms with E-state index in [1.165, 1.54) is 6.33 Å². The van der Waals surface area contributed by atoms with Crippen LogP contribution < -0.4 is 0 Å². The van der Waals surface area contributed by atoms with Crippen LogP contribution in [-0.2, 0) is 4.74 Å². The molecule has 0 bridgehead atoms. The minimum atomic E-state index is -0.101. The summed E-state index contributed by atoms with van der Waals surface area (Å²) < 4.78 is 5.53. The van der Waals surface area contributed by atoms with Crippen molar-refractivity contribution in [3.63, 3.8) is 0 Å². The molecular formula is C15H20N6O2. The third-order valence-corrected chi connectivity index (χ3v) is 4.19. The van der Waals surface area contributed by atoms with Gasteiger partial charge in [-0.25, -0.2) is 9.97 Å². The van der Waals surface area contributed by atoms with E-state index in [0.29, 0.717) is 18.7 Å². The summed E-state index contributed by atoms with van der Waals surface area (Å²) in [5.74, 6) is 0.0984. The second-order valence-corrected chi connectivity index (χ2v) is 5.96. The number of aromatic amines is 1. The van der Waals surface area contributed by atoms with Crippen molar-refractivity contribution in [2.24, 2.45) is 0 Å². The number of hydrogen-bond donors (Lipinski definition) is 1. The number of carbonyl (C=O) groups excluding carboxylic acids is 1. The normalized spacial score (nSPS) is 21.1. The van der Waals surface area contributed by atoms with Crippen LogP contribution in [0.1, 0.15) is 47.4 Å². The van der Waals surface area contributed by atoms with E-state index in [4.69, 9.17) is 4.74 Å². The maximum Gasteiger partial charge on any atom is 0.257 e. The molecule has 3 rings (SSSR count). The first-order valence-electron chi connectivity index (χ1n) is 7.59. The Morgan fingerprint density at radius 2 is 2.22 bits per heavy atom. The molecule has 2 aromatic rings. The lowest BCUT2D eigenvalue weighted by atomic mass is 10.0. The Morgan fingerprint density at radius 3 is 2.87 bits per heavy atom. The molecule has 1 amide bonds. The number of methoxy groups -OCH3 is 1. The Labute approximate surface area is 134 Å². The van der Waals surface area contributed by atoms with Gasteiger partial charge in [0.15, 0.2) is 0 Å². The zero-order valence-electron chi connectivity index (χ0n) is 13.4. The van der Waals surface area contributed by atoms with Gasteiger partial charge in [-0.2, -0.15) is 15.4 Å². The summed E-state index contributed by atoms with van der Waals surface area (Å²) in [6.07, 6.45) is 4.65. The molecule has 1 saturated heterocycles. The predicted octanol–water partition coefficient (Wildman–Crippen LogP) is 0.973. The first kappa shape index (κ1) is 15.5. The van der Waals surface area contributed by atoms with E-state index in [1.54, 1.807) is 24.4 Å². The van der Waals surface area contributed by atoms with Gasteiger partial charge in [-0.1, -0.05) is 13.8 Å². The van der Waals surface area contributed by atoms with Gasteiger partial charge < -0.3 is 9.64 Å². The number of aromatic nitrogens is 5. The Balaban J connectivity index is 1.84. The fraction of sp³-hybridized carbons (Fsp3) is 0.533. The summed E-state index contributed by atoms with van der Waals surface area (Å²) in [6, 6.07) is 0. The molecule has 0 radical (unpaired) electrons. The molecule has 122 valence electrons. The van der Waals surface area contributed by atoms with E-state index in [1.807, 2.05) is 13.8 Å². The monoisotopic (exact) mass is 316 g/mol. The molecule has 0 aliphatic carbocycles. The SMILES string of the molecule is CO[C@@H]1CN(C(=O)c2cncnc2C(C)C)C[C@H]1c1cn[nH]n1. The molecule has 3 heterocycles. The second-order valence-electron chi connectivity index (χ2n) is 5.96. The summed E-state index contributed by atoms with van der Waals surface area (Å²) in [5, 5.41) is 10.6. The summed E-state index contributed by atoms with van der Waals surface area (Å²) in [6.45, 7) is 5.08. The van der Waals surface area contributed by atoms with Crippen molar-refractivity contribution >= 4 is 5.91 Å². The Hall–Kier alpha value is -2.35. The van der Waals surface area contributed by atoms with Gasteiger partial charge in [0, 0.05) is 26.4 Å². The summed E-state index contributed by atoms with van der Waals surface area (Å²) >= 11 is 0. The van der Waals surface area contributed by atoms with E-state index < -0.39 is 0 Å². The maximum atomic E-state index is 12.9. The van der Waals surface area contributed by atoms with Gasteiger partial charge in [-0.15, -0.1) is 0 Å². The van der Waals surface area contributed by atoms with E-state index in [-0.39, 0.29) is 23.8 Å². The fourth-order valence-corrected chi connectivity index (χ4v) is 2.99. The predicted molar refractivity (Wildman–Crippen MR) is 81.9 cm³/mol. The van der Waals surface area contributed by atoms with Crippen molar-refractivity contribution < 1.29 is 9.53 Å². The highest BCUT2D eigenvalue weighted by Gasteiger charge is 2.38. The average Bonchev–Trinajstić information content (AvgIpc) is 3.22. The smallest absolute Gasteiger partial charge is 0.257 e. The van der Waals surface area contributed by atoms with Crippen LogP contribution in [-0.4, -0.2) is 62.5 Å². The van der Waals surface area contributed by atoms with Gasteiger partial charge >= 0.3 is 0 Å². The number of nitrogens with one attached hydrogen (secondary N) is 1. The topological polar surface area (TPSA) is 96.9 Å². The van der Waals surface area contributed by atoms with Crippen LogP contribution in [0, 0.1) is 0 Å². The Morgan fingerprint density at radius 1 is 1.39 bits per heavy atom. The van der Waals surface area contributed by atoms with Crippen molar-refractivity contribution in [2.45, 2.75) is 31.8 Å². The lowest BCUT2D eigenvalue weighted by Crippen LogP contribution is -2.31. The fourth-order valence-electron chi connectivity index (χ4n) is 2.99. The molecule has 1 aliphatic rings. The van der Waals surface area contributed by atoms with Gasteiger partial charge in [0.25, 0.3) is 5.91 Å². The zero-order valence-corrected chi connectivity index (χ0v) is 13.4. The van der Waals surface area contributed by atoms with E-state index in [0.717, 1.165) is 11.4 Å². The quantitative estimate of drug-likeness (QED) is 0.903. The van der Waals surface area contributed by atoms with Crippen LogP contribution in [0.4, 0.5) is 0 Å². The van der Waals surface area contributed by atoms with Crippen LogP contribution in [0.2, 0.25) is 0 Å². The van der Waals surface area contributed by atoms with Gasteiger partial charge in [0.05, 0.1) is 35.2 Å².